The number of nitrogens with one attached hydrogen (secondary N) is 1. The van der Waals surface area contributed by atoms with Crippen molar-refractivity contribution in [1.29, 1.82) is 0 Å². The van der Waals surface area contributed by atoms with Crippen LogP contribution in [0.1, 0.15) is 0 Å². The lowest BCUT2D eigenvalue weighted by Crippen LogP contribution is -2.32. The maximum atomic E-state index is 13.2. The number of urea groups is 1. The van der Waals surface area contributed by atoms with Crippen LogP contribution in [-0.4, -0.2) is 18.1 Å². The van der Waals surface area contributed by atoms with Crippen LogP contribution in [0.25, 0.3) is 0 Å². The molecule has 3 aromatic carbocycles. The minimum Gasteiger partial charge on any atom is -0.495 e. The van der Waals surface area contributed by atoms with Crippen molar-refractivity contribution in [1.82, 2.24) is 0 Å². The Morgan fingerprint density at radius 1 is 1.04 bits per heavy atom. The molecule has 0 spiro atoms. The van der Waals surface area contributed by atoms with Crippen LogP contribution in [0.15, 0.2) is 76.5 Å². The number of fused-ring (bicyclic) bond motifs is 2. The zero-order valence-corrected chi connectivity index (χ0v) is 15.6. The largest absolute Gasteiger partial charge is 0.495 e. The number of para-hydroxylation sites is 2. The summed E-state index contributed by atoms with van der Waals surface area (Å²) in [5, 5.41) is 13.9. The fraction of sp³-hybridized carbons (Fsp3) is 0.0500. The smallest absolute Gasteiger partial charge is 0.331 e. The van der Waals surface area contributed by atoms with Gasteiger partial charge in [0.15, 0.2) is 0 Å². The number of amides is 2. The number of carbonyl (C=O) groups is 1. The van der Waals surface area contributed by atoms with Gasteiger partial charge in [0, 0.05) is 21.9 Å². The Hall–Kier alpha value is -3.52. The van der Waals surface area contributed by atoms with Crippen LogP contribution in [0.4, 0.5) is 27.5 Å². The first kappa shape index (κ1) is 17.9. The number of hydrogen-bond donors (Lipinski definition) is 1. The lowest BCUT2D eigenvalue weighted by molar-refractivity contribution is -0.384. The Morgan fingerprint density at radius 2 is 1.64 bits per heavy atom. The molecule has 0 aromatic heterocycles. The van der Waals surface area contributed by atoms with E-state index in [9.17, 15) is 14.9 Å². The third-order valence-corrected chi connectivity index (χ3v) is 5.40. The van der Waals surface area contributed by atoms with E-state index in [0.29, 0.717) is 5.75 Å². The fourth-order valence-corrected chi connectivity index (χ4v) is 4.06. The molecule has 0 unspecified atom stereocenters. The number of non-ortho nitro benzene ring substituents is 1. The molecule has 0 fully saturated rings. The van der Waals surface area contributed by atoms with E-state index in [1.54, 1.807) is 16.7 Å². The summed E-state index contributed by atoms with van der Waals surface area (Å²) in [6.45, 7) is 0. The molecule has 140 valence electrons. The maximum absolute atomic E-state index is 13.2. The molecule has 1 N–H and O–H groups in total. The number of benzene rings is 3. The van der Waals surface area contributed by atoms with E-state index < -0.39 is 11.0 Å². The number of rotatable bonds is 3. The van der Waals surface area contributed by atoms with Crippen molar-refractivity contribution in [3.8, 4) is 5.75 Å². The summed E-state index contributed by atoms with van der Waals surface area (Å²) in [4.78, 5) is 27.3. The van der Waals surface area contributed by atoms with Crippen molar-refractivity contribution >= 4 is 40.5 Å². The molecule has 0 aliphatic carbocycles. The minimum absolute atomic E-state index is 0.133. The molecular formula is C20H15N3O4S. The molecule has 1 aliphatic heterocycles. The van der Waals surface area contributed by atoms with Gasteiger partial charge in [0.2, 0.25) is 0 Å². The molecule has 2 amide bonds. The highest BCUT2D eigenvalue weighted by Gasteiger charge is 2.28. The summed E-state index contributed by atoms with van der Waals surface area (Å²) < 4.78 is 5.25. The van der Waals surface area contributed by atoms with Crippen molar-refractivity contribution in [3.63, 3.8) is 0 Å². The van der Waals surface area contributed by atoms with Crippen molar-refractivity contribution in [3.05, 3.63) is 76.8 Å². The van der Waals surface area contributed by atoms with Crippen LogP contribution in [0.3, 0.4) is 0 Å². The summed E-state index contributed by atoms with van der Waals surface area (Å²) >= 11 is 1.59. The predicted molar refractivity (Wildman–Crippen MR) is 108 cm³/mol. The van der Waals surface area contributed by atoms with Gasteiger partial charge >= 0.3 is 6.03 Å². The topological polar surface area (TPSA) is 84.7 Å². The molecule has 28 heavy (non-hydrogen) atoms. The average Bonchev–Trinajstić information content (AvgIpc) is 2.71. The first-order valence-corrected chi connectivity index (χ1v) is 9.19. The van der Waals surface area contributed by atoms with Crippen molar-refractivity contribution < 1.29 is 14.5 Å². The zero-order chi connectivity index (χ0) is 19.7. The molecule has 0 bridgehead atoms. The second-order valence-corrected chi connectivity index (χ2v) is 7.03. The van der Waals surface area contributed by atoms with Gasteiger partial charge in [-0.25, -0.2) is 4.79 Å². The van der Waals surface area contributed by atoms with E-state index in [1.807, 2.05) is 48.5 Å². The van der Waals surface area contributed by atoms with Crippen LogP contribution in [0, 0.1) is 10.1 Å². The Balaban J connectivity index is 1.75. The lowest BCUT2D eigenvalue weighted by Gasteiger charge is -2.31. The van der Waals surface area contributed by atoms with Gasteiger partial charge in [0.05, 0.1) is 29.1 Å². The van der Waals surface area contributed by atoms with Gasteiger partial charge in [-0.05, 0) is 30.3 Å². The quantitative estimate of drug-likeness (QED) is 0.473. The second-order valence-electron chi connectivity index (χ2n) is 5.94. The molecule has 0 radical (unpaired) electrons. The van der Waals surface area contributed by atoms with Gasteiger partial charge in [-0.2, -0.15) is 0 Å². The molecule has 0 saturated carbocycles. The van der Waals surface area contributed by atoms with Crippen LogP contribution < -0.4 is 15.0 Å². The van der Waals surface area contributed by atoms with E-state index in [2.05, 4.69) is 5.32 Å². The highest BCUT2D eigenvalue weighted by molar-refractivity contribution is 7.99. The minimum atomic E-state index is -0.517. The summed E-state index contributed by atoms with van der Waals surface area (Å²) in [6, 6.07) is 18.8. The third kappa shape index (κ3) is 3.14. The lowest BCUT2D eigenvalue weighted by atomic mass is 10.2. The molecule has 1 heterocycles. The van der Waals surface area contributed by atoms with E-state index in [-0.39, 0.29) is 11.4 Å². The monoisotopic (exact) mass is 393 g/mol. The normalized spacial score (nSPS) is 12.0. The molecule has 0 saturated heterocycles. The SMILES string of the molecule is COc1ccc([N+](=O)[O-])cc1NC(=O)N1c2ccccc2Sc2ccccc21. The molecule has 3 aromatic rings. The van der Waals surface area contributed by atoms with Crippen LogP contribution >= 0.6 is 11.8 Å². The molecule has 1 aliphatic rings. The van der Waals surface area contributed by atoms with E-state index >= 15 is 0 Å². The van der Waals surface area contributed by atoms with Gasteiger partial charge in [0.1, 0.15) is 5.75 Å². The summed E-state index contributed by atoms with van der Waals surface area (Å²) in [6.07, 6.45) is 0. The molecule has 0 atom stereocenters. The van der Waals surface area contributed by atoms with Crippen LogP contribution in [0.2, 0.25) is 0 Å². The highest BCUT2D eigenvalue weighted by atomic mass is 32.2. The van der Waals surface area contributed by atoms with Crippen LogP contribution in [-0.2, 0) is 0 Å². The fourth-order valence-electron chi connectivity index (χ4n) is 3.00. The first-order valence-electron chi connectivity index (χ1n) is 8.38. The van der Waals surface area contributed by atoms with E-state index in [0.717, 1.165) is 21.2 Å². The average molecular weight is 393 g/mol. The van der Waals surface area contributed by atoms with Crippen molar-refractivity contribution in [2.24, 2.45) is 0 Å². The summed E-state index contributed by atoms with van der Waals surface area (Å²) in [5.41, 5.74) is 1.59. The Morgan fingerprint density at radius 3 is 2.21 bits per heavy atom. The number of hydrogen-bond acceptors (Lipinski definition) is 5. The Bertz CT molecular complexity index is 1040. The second kappa shape index (κ2) is 7.24. The first-order chi connectivity index (χ1) is 13.6. The van der Waals surface area contributed by atoms with Crippen molar-refractivity contribution in [2.75, 3.05) is 17.3 Å². The number of ether oxygens (including phenoxy) is 1. The third-order valence-electron chi connectivity index (χ3n) is 4.27. The van der Waals surface area contributed by atoms with E-state index in [1.165, 1.54) is 25.3 Å². The van der Waals surface area contributed by atoms with Gasteiger partial charge in [-0.1, -0.05) is 36.0 Å². The molecule has 4 rings (SSSR count). The van der Waals surface area contributed by atoms with Crippen LogP contribution in [0.5, 0.6) is 5.75 Å². The molecule has 8 heteroatoms. The summed E-state index contributed by atoms with van der Waals surface area (Å²) in [7, 11) is 1.44. The number of nitrogens with zero attached hydrogens (tertiary/aromatic N) is 2. The standard InChI is InChI=1S/C20H15N3O4S/c1-27-17-11-10-13(23(25)26)12-14(17)21-20(24)22-15-6-2-4-8-18(15)28-19-9-5-3-7-16(19)22/h2-12H,1H3,(H,21,24). The highest BCUT2D eigenvalue weighted by Crippen LogP contribution is 2.48. The zero-order valence-electron chi connectivity index (χ0n) is 14.8. The van der Waals surface area contributed by atoms with Gasteiger partial charge in [-0.15, -0.1) is 0 Å². The van der Waals surface area contributed by atoms with Crippen molar-refractivity contribution in [2.45, 2.75) is 9.79 Å². The maximum Gasteiger partial charge on any atom is 0.331 e. The van der Waals surface area contributed by atoms with E-state index in [4.69, 9.17) is 4.74 Å². The predicted octanol–water partition coefficient (Wildman–Crippen LogP) is 5.44. The number of methoxy groups -OCH3 is 1. The Kier molecular flexibility index (Phi) is 4.62. The van der Waals surface area contributed by atoms with Gasteiger partial charge in [0.25, 0.3) is 5.69 Å². The number of carbonyl (C=O) groups excluding carboxylic acids is 1. The number of nitro groups is 1. The number of anilines is 3. The Labute approximate surface area is 165 Å². The number of nitro benzene ring substituents is 1. The molecular weight excluding hydrogens is 378 g/mol. The molecule has 7 nitrogen and oxygen atoms in total. The van der Waals surface area contributed by atoms with Gasteiger partial charge in [-0.3, -0.25) is 15.0 Å². The van der Waals surface area contributed by atoms with Gasteiger partial charge < -0.3 is 10.1 Å². The summed E-state index contributed by atoms with van der Waals surface area (Å²) in [5.74, 6) is 0.340.